The first-order valence-corrected chi connectivity index (χ1v) is 6.14. The Labute approximate surface area is 108 Å². The molecule has 18 heavy (non-hydrogen) atoms. The molecule has 0 saturated heterocycles. The van der Waals surface area contributed by atoms with Gasteiger partial charge in [-0.2, -0.15) is 0 Å². The zero-order valence-electron chi connectivity index (χ0n) is 11.1. The van der Waals surface area contributed by atoms with E-state index < -0.39 is 0 Å². The number of hydrogen-bond donors (Lipinski definition) is 1. The van der Waals surface area contributed by atoms with Crippen molar-refractivity contribution >= 4 is 0 Å². The largest absolute Gasteiger partial charge is 0.489 e. The normalized spacial score (nSPS) is 10.6. The average molecular weight is 254 g/mol. The van der Waals surface area contributed by atoms with E-state index in [9.17, 15) is 0 Å². The second-order valence-corrected chi connectivity index (χ2v) is 3.89. The average Bonchev–Trinajstić information content (AvgIpc) is 2.36. The van der Waals surface area contributed by atoms with Crippen LogP contribution in [0, 0.1) is 6.92 Å². The number of aromatic nitrogens is 1. The molecule has 0 aliphatic carbocycles. The third kappa shape index (κ3) is 5.44. The first kappa shape index (κ1) is 14.9. The first-order chi connectivity index (χ1) is 8.77. The summed E-state index contributed by atoms with van der Waals surface area (Å²) in [6.45, 7) is 4.76. The Morgan fingerprint density at radius 1 is 1.17 bits per heavy atom. The number of nitrogens with two attached hydrogens (primary N) is 1. The van der Waals surface area contributed by atoms with Crippen molar-refractivity contribution in [3.8, 4) is 5.75 Å². The van der Waals surface area contributed by atoms with E-state index in [4.69, 9.17) is 19.9 Å². The van der Waals surface area contributed by atoms with E-state index in [0.29, 0.717) is 33.0 Å². The summed E-state index contributed by atoms with van der Waals surface area (Å²) in [5.74, 6) is 0.793. The number of methoxy groups -OCH3 is 1. The van der Waals surface area contributed by atoms with Crippen LogP contribution < -0.4 is 10.5 Å². The summed E-state index contributed by atoms with van der Waals surface area (Å²) in [7, 11) is 1.65. The zero-order chi connectivity index (χ0) is 13.2. The summed E-state index contributed by atoms with van der Waals surface area (Å²) >= 11 is 0. The zero-order valence-corrected chi connectivity index (χ0v) is 11.1. The predicted molar refractivity (Wildman–Crippen MR) is 69.9 cm³/mol. The number of rotatable bonds is 9. The Morgan fingerprint density at radius 3 is 2.67 bits per heavy atom. The van der Waals surface area contributed by atoms with Gasteiger partial charge >= 0.3 is 0 Å². The van der Waals surface area contributed by atoms with Crippen molar-refractivity contribution in [3.05, 3.63) is 23.5 Å². The standard InChI is InChI=1S/C13H22N2O3/c1-11-3-4-13(12(15-11)5-6-14)18-10-9-17-8-7-16-2/h3-4H,5-10,14H2,1-2H3. The molecule has 0 aliphatic rings. The number of nitrogens with zero attached hydrogens (tertiary/aromatic N) is 1. The van der Waals surface area contributed by atoms with Crippen LogP contribution in [-0.4, -0.2) is 45.1 Å². The summed E-state index contributed by atoms with van der Waals surface area (Å²) in [5, 5.41) is 0. The van der Waals surface area contributed by atoms with Gasteiger partial charge in [-0.25, -0.2) is 0 Å². The van der Waals surface area contributed by atoms with Gasteiger partial charge in [0.1, 0.15) is 12.4 Å². The van der Waals surface area contributed by atoms with Crippen LogP contribution >= 0.6 is 0 Å². The molecule has 1 heterocycles. The maximum Gasteiger partial charge on any atom is 0.140 e. The highest BCUT2D eigenvalue weighted by Gasteiger charge is 2.05. The molecule has 0 saturated carbocycles. The van der Waals surface area contributed by atoms with E-state index in [1.807, 2.05) is 19.1 Å². The number of ether oxygens (including phenoxy) is 3. The molecule has 0 atom stereocenters. The summed E-state index contributed by atoms with van der Waals surface area (Å²) in [5.41, 5.74) is 7.44. The molecule has 1 aromatic rings. The fourth-order valence-corrected chi connectivity index (χ4v) is 1.50. The fourth-order valence-electron chi connectivity index (χ4n) is 1.50. The topological polar surface area (TPSA) is 66.6 Å². The third-order valence-electron chi connectivity index (χ3n) is 2.37. The molecule has 102 valence electrons. The number of hydrogen-bond acceptors (Lipinski definition) is 5. The van der Waals surface area contributed by atoms with Gasteiger partial charge in [0, 0.05) is 19.2 Å². The molecule has 5 heteroatoms. The van der Waals surface area contributed by atoms with Crippen molar-refractivity contribution in [3.63, 3.8) is 0 Å². The molecule has 0 amide bonds. The lowest BCUT2D eigenvalue weighted by Gasteiger charge is -2.11. The van der Waals surface area contributed by atoms with E-state index >= 15 is 0 Å². The van der Waals surface area contributed by atoms with E-state index in [0.717, 1.165) is 23.6 Å². The molecule has 0 aromatic carbocycles. The van der Waals surface area contributed by atoms with Crippen LogP contribution in [0.2, 0.25) is 0 Å². The quantitative estimate of drug-likeness (QED) is 0.664. The molecule has 0 bridgehead atoms. The maximum absolute atomic E-state index is 5.64. The second kappa shape index (κ2) is 8.85. The minimum atomic E-state index is 0.506. The molecule has 0 radical (unpaired) electrons. The molecule has 5 nitrogen and oxygen atoms in total. The van der Waals surface area contributed by atoms with Gasteiger partial charge in [-0.15, -0.1) is 0 Å². The van der Waals surface area contributed by atoms with Crippen molar-refractivity contribution in [1.82, 2.24) is 4.98 Å². The minimum absolute atomic E-state index is 0.506. The van der Waals surface area contributed by atoms with Crippen LogP contribution in [0.5, 0.6) is 5.75 Å². The highest BCUT2D eigenvalue weighted by atomic mass is 16.5. The van der Waals surface area contributed by atoms with E-state index in [2.05, 4.69) is 4.98 Å². The van der Waals surface area contributed by atoms with Gasteiger partial charge < -0.3 is 19.9 Å². The van der Waals surface area contributed by atoms with Crippen molar-refractivity contribution in [1.29, 1.82) is 0 Å². The number of pyridine rings is 1. The Hall–Kier alpha value is -1.17. The summed E-state index contributed by atoms with van der Waals surface area (Å²) in [4.78, 5) is 4.43. The smallest absolute Gasteiger partial charge is 0.140 e. The lowest BCUT2D eigenvalue weighted by atomic mass is 10.2. The van der Waals surface area contributed by atoms with Crippen LogP contribution in [0.4, 0.5) is 0 Å². The van der Waals surface area contributed by atoms with E-state index in [-0.39, 0.29) is 0 Å². The minimum Gasteiger partial charge on any atom is -0.489 e. The van der Waals surface area contributed by atoms with Crippen molar-refractivity contribution in [2.24, 2.45) is 5.73 Å². The van der Waals surface area contributed by atoms with Crippen LogP contribution in [0.25, 0.3) is 0 Å². The Balaban J connectivity index is 2.36. The summed E-state index contributed by atoms with van der Waals surface area (Å²) in [6.07, 6.45) is 0.724. The monoisotopic (exact) mass is 254 g/mol. The SMILES string of the molecule is COCCOCCOc1ccc(C)nc1CCN. The summed E-state index contributed by atoms with van der Waals surface area (Å²) < 4.78 is 15.8. The maximum atomic E-state index is 5.64. The van der Waals surface area contributed by atoms with Gasteiger partial charge in [0.2, 0.25) is 0 Å². The molecular weight excluding hydrogens is 232 g/mol. The first-order valence-electron chi connectivity index (χ1n) is 6.14. The molecule has 0 aliphatic heterocycles. The third-order valence-corrected chi connectivity index (χ3v) is 2.37. The van der Waals surface area contributed by atoms with Gasteiger partial charge in [-0.05, 0) is 25.6 Å². The van der Waals surface area contributed by atoms with Gasteiger partial charge in [0.15, 0.2) is 0 Å². The van der Waals surface area contributed by atoms with Gasteiger partial charge in [0.25, 0.3) is 0 Å². The molecule has 0 fully saturated rings. The Kier molecular flexibility index (Phi) is 7.32. The molecule has 1 aromatic heterocycles. The Morgan fingerprint density at radius 2 is 1.94 bits per heavy atom. The van der Waals surface area contributed by atoms with Crippen LogP contribution in [0.15, 0.2) is 12.1 Å². The fraction of sp³-hybridized carbons (Fsp3) is 0.615. The van der Waals surface area contributed by atoms with Crippen molar-refractivity contribution in [2.45, 2.75) is 13.3 Å². The molecule has 0 spiro atoms. The lowest BCUT2D eigenvalue weighted by molar-refractivity contribution is 0.0542. The highest BCUT2D eigenvalue weighted by Crippen LogP contribution is 2.17. The Bertz CT molecular complexity index is 345. The summed E-state index contributed by atoms with van der Waals surface area (Å²) in [6, 6.07) is 3.86. The van der Waals surface area contributed by atoms with Crippen molar-refractivity contribution in [2.75, 3.05) is 40.1 Å². The second-order valence-electron chi connectivity index (χ2n) is 3.89. The van der Waals surface area contributed by atoms with Crippen LogP contribution in [-0.2, 0) is 15.9 Å². The molecular formula is C13H22N2O3. The highest BCUT2D eigenvalue weighted by molar-refractivity contribution is 5.29. The van der Waals surface area contributed by atoms with E-state index in [1.165, 1.54) is 0 Å². The van der Waals surface area contributed by atoms with Gasteiger partial charge in [-0.1, -0.05) is 0 Å². The van der Waals surface area contributed by atoms with E-state index in [1.54, 1.807) is 7.11 Å². The van der Waals surface area contributed by atoms with Gasteiger partial charge in [-0.3, -0.25) is 4.98 Å². The molecule has 0 unspecified atom stereocenters. The lowest BCUT2D eigenvalue weighted by Crippen LogP contribution is -2.12. The predicted octanol–water partition coefficient (Wildman–Crippen LogP) is 0.933. The van der Waals surface area contributed by atoms with Crippen molar-refractivity contribution < 1.29 is 14.2 Å². The van der Waals surface area contributed by atoms with Crippen LogP contribution in [0.3, 0.4) is 0 Å². The molecule has 1 rings (SSSR count). The van der Waals surface area contributed by atoms with Gasteiger partial charge in [0.05, 0.1) is 25.5 Å². The molecule has 2 N–H and O–H groups in total. The number of aryl methyl sites for hydroxylation is 1. The van der Waals surface area contributed by atoms with Crippen LogP contribution in [0.1, 0.15) is 11.4 Å².